The highest BCUT2D eigenvalue weighted by molar-refractivity contribution is 7.48. The summed E-state index contributed by atoms with van der Waals surface area (Å²) in [5.41, 5.74) is -0.110. The third-order valence-electron chi connectivity index (χ3n) is 7.64. The zero-order valence-corrected chi connectivity index (χ0v) is 33.9. The molecule has 3 N–H and O–H groups in total. The average Bonchev–Trinajstić information content (AvgIpc) is 3.18. The van der Waals surface area contributed by atoms with Gasteiger partial charge in [0.1, 0.15) is 37.6 Å². The topological polar surface area (TPSA) is 236 Å². The molecule has 0 aromatic heterocycles. The van der Waals surface area contributed by atoms with Crippen LogP contribution in [0.15, 0.2) is 97.1 Å². The number of aliphatic hydroxyl groups excluding tert-OH is 2. The molecule has 0 fully saturated rings. The molecule has 59 heavy (non-hydrogen) atoms. The van der Waals surface area contributed by atoms with Crippen LogP contribution < -0.4 is 0 Å². The van der Waals surface area contributed by atoms with Crippen molar-refractivity contribution in [2.24, 2.45) is 0 Å². The van der Waals surface area contributed by atoms with Crippen molar-refractivity contribution < 1.29 is 76.4 Å². The molecule has 0 aliphatic rings. The number of ether oxygens (including phenoxy) is 4. The van der Waals surface area contributed by atoms with Crippen LogP contribution >= 0.6 is 54.2 Å². The monoisotopic (exact) mass is 914 g/mol. The number of halogens is 4. The lowest BCUT2D eigenvalue weighted by Gasteiger charge is -2.24. The van der Waals surface area contributed by atoms with Crippen LogP contribution in [0, 0.1) is 0 Å². The van der Waals surface area contributed by atoms with Gasteiger partial charge >= 0.3 is 43.6 Å². The molecule has 312 valence electrons. The van der Waals surface area contributed by atoms with E-state index in [0.29, 0.717) is 10.0 Å². The highest BCUT2D eigenvalue weighted by atomic mass is 35.5. The Balaban J connectivity index is 1.42. The third-order valence-corrected chi connectivity index (χ3v) is 9.51. The predicted octanol–water partition coefficient (Wildman–Crippen LogP) is 6.45. The summed E-state index contributed by atoms with van der Waals surface area (Å²) in [6.45, 7) is -1.71. The molecule has 0 saturated carbocycles. The molecule has 0 radical (unpaired) electrons. The van der Waals surface area contributed by atoms with Gasteiger partial charge in [0.25, 0.3) is 0 Å². The molecule has 21 heteroatoms. The third kappa shape index (κ3) is 15.3. The van der Waals surface area contributed by atoms with E-state index in [2.05, 4.69) is 9.05 Å². The second-order valence-corrected chi connectivity index (χ2v) is 15.1. The maximum atomic E-state index is 12.9. The SMILES string of the molecule is O=C(C[C@H](OC(=O)c1ccc(Cl)cc1)[C@H](O)COC(=O)c1ccc(Cl)cc1)OP(=O)(O)OC(=O)C[C@H](OC(=O)c1ccc(Cl)cc1)[C@H](O)COC(=O)c1ccc(Cl)cc1. The van der Waals surface area contributed by atoms with Crippen molar-refractivity contribution >= 4 is 90.0 Å². The molecule has 0 bridgehead atoms. The number of hydrogen-bond acceptors (Lipinski definition) is 15. The molecule has 0 aliphatic heterocycles. The van der Waals surface area contributed by atoms with Gasteiger partial charge in [0.2, 0.25) is 0 Å². The zero-order chi connectivity index (χ0) is 43.3. The molecule has 0 unspecified atom stereocenters. The van der Waals surface area contributed by atoms with Crippen LogP contribution in [-0.4, -0.2) is 88.6 Å². The van der Waals surface area contributed by atoms with E-state index in [4.69, 9.17) is 65.4 Å². The molecule has 0 heterocycles. The van der Waals surface area contributed by atoms with E-state index < -0.39 is 94.1 Å². The fourth-order valence-corrected chi connectivity index (χ4v) is 5.85. The number of hydrogen-bond donors (Lipinski definition) is 3. The first-order valence-corrected chi connectivity index (χ1v) is 19.8. The quantitative estimate of drug-likeness (QED) is 0.0552. The predicted molar refractivity (Wildman–Crippen MR) is 208 cm³/mol. The molecular weight excluding hydrogens is 885 g/mol. The summed E-state index contributed by atoms with van der Waals surface area (Å²) < 4.78 is 42.4. The van der Waals surface area contributed by atoms with Crippen LogP contribution in [0.4, 0.5) is 0 Å². The van der Waals surface area contributed by atoms with Gasteiger partial charge in [0.05, 0.1) is 35.1 Å². The van der Waals surface area contributed by atoms with Crippen LogP contribution in [-0.2, 0) is 42.1 Å². The van der Waals surface area contributed by atoms with Crippen LogP contribution in [0.25, 0.3) is 0 Å². The Kier molecular flexibility index (Phi) is 17.3. The normalized spacial score (nSPS) is 13.1. The van der Waals surface area contributed by atoms with Gasteiger partial charge in [-0.1, -0.05) is 46.4 Å². The summed E-state index contributed by atoms with van der Waals surface area (Å²) >= 11 is 23.4. The number of esters is 4. The zero-order valence-electron chi connectivity index (χ0n) is 30.0. The maximum Gasteiger partial charge on any atom is 0.589 e. The van der Waals surface area contributed by atoms with Crippen molar-refractivity contribution in [1.29, 1.82) is 0 Å². The molecule has 4 rings (SSSR count). The lowest BCUT2D eigenvalue weighted by molar-refractivity contribution is -0.145. The first-order chi connectivity index (χ1) is 27.9. The standard InChI is InChI=1S/C38H31Cl4O16P/c39-25-9-1-21(2-10-25)35(47)53-19-29(43)31(55-37(49)23-5-13-27(41)14-6-23)17-33(45)57-59(51,52)58-34(46)18-32(56-38(50)24-7-15-28(42)16-8-24)30(44)20-54-36(48)22-3-11-26(40)12-4-22/h1-16,29-32,43-44H,17-20H2,(H,51,52)/t29-,30-,31+,32+/m1/s1. The number of carbonyl (C=O) groups is 6. The summed E-state index contributed by atoms with van der Waals surface area (Å²) in [6, 6.07) is 21.3. The minimum atomic E-state index is -5.69. The Labute approximate surface area is 355 Å². The van der Waals surface area contributed by atoms with E-state index in [0.717, 1.165) is 0 Å². The first kappa shape index (κ1) is 46.7. The minimum absolute atomic E-state index is 0.0345. The van der Waals surface area contributed by atoms with Crippen LogP contribution in [0.1, 0.15) is 54.3 Å². The second kappa shape index (κ2) is 21.8. The van der Waals surface area contributed by atoms with Crippen LogP contribution in [0.5, 0.6) is 0 Å². The molecule has 4 atom stereocenters. The van der Waals surface area contributed by atoms with Gasteiger partial charge < -0.3 is 38.2 Å². The Morgan fingerprint density at radius 1 is 0.475 bits per heavy atom. The number of benzene rings is 4. The van der Waals surface area contributed by atoms with E-state index in [1.807, 2.05) is 0 Å². The Morgan fingerprint density at radius 2 is 0.729 bits per heavy atom. The van der Waals surface area contributed by atoms with Crippen molar-refractivity contribution in [3.63, 3.8) is 0 Å². The lowest BCUT2D eigenvalue weighted by Crippen LogP contribution is -2.38. The highest BCUT2D eigenvalue weighted by Gasteiger charge is 2.37. The summed E-state index contributed by atoms with van der Waals surface area (Å²) in [6.07, 6.45) is -9.94. The van der Waals surface area contributed by atoms with E-state index >= 15 is 0 Å². The maximum absolute atomic E-state index is 12.9. The van der Waals surface area contributed by atoms with Crippen LogP contribution in [0.3, 0.4) is 0 Å². The fourth-order valence-electron chi connectivity index (χ4n) is 4.65. The summed E-state index contributed by atoms with van der Waals surface area (Å²) in [7, 11) is -5.69. The van der Waals surface area contributed by atoms with Gasteiger partial charge in [-0.05, 0) is 97.1 Å². The Hall–Kier alpha value is -5.03. The second-order valence-electron chi connectivity index (χ2n) is 12.1. The molecular formula is C38H31Cl4O16P. The van der Waals surface area contributed by atoms with Gasteiger partial charge in [0.15, 0.2) is 0 Å². The Morgan fingerprint density at radius 3 is 1.00 bits per heavy atom. The fraction of sp³-hybridized carbons (Fsp3) is 0.211. The smallest absolute Gasteiger partial charge is 0.459 e. The van der Waals surface area contributed by atoms with Crippen molar-refractivity contribution in [3.05, 3.63) is 139 Å². The van der Waals surface area contributed by atoms with Gasteiger partial charge in [-0.25, -0.2) is 23.7 Å². The van der Waals surface area contributed by atoms with Crippen molar-refractivity contribution in [2.75, 3.05) is 13.2 Å². The van der Waals surface area contributed by atoms with Gasteiger partial charge in [-0.15, -0.1) is 0 Å². The molecule has 4 aromatic rings. The van der Waals surface area contributed by atoms with E-state index in [1.165, 1.54) is 97.1 Å². The van der Waals surface area contributed by atoms with E-state index in [1.54, 1.807) is 0 Å². The first-order valence-electron chi connectivity index (χ1n) is 16.8. The number of phosphoric ester groups is 1. The highest BCUT2D eigenvalue weighted by Crippen LogP contribution is 2.44. The van der Waals surface area contributed by atoms with E-state index in [9.17, 15) is 48.4 Å². The van der Waals surface area contributed by atoms with Crippen molar-refractivity contribution in [1.82, 2.24) is 0 Å². The van der Waals surface area contributed by atoms with Crippen LogP contribution in [0.2, 0.25) is 20.1 Å². The number of phosphoric acid groups is 1. The molecule has 0 spiro atoms. The molecule has 0 amide bonds. The van der Waals surface area contributed by atoms with Gasteiger partial charge in [0, 0.05) is 20.1 Å². The lowest BCUT2D eigenvalue weighted by atomic mass is 10.1. The molecule has 4 aromatic carbocycles. The van der Waals surface area contributed by atoms with Crippen molar-refractivity contribution in [3.8, 4) is 0 Å². The molecule has 0 aliphatic carbocycles. The van der Waals surface area contributed by atoms with Gasteiger partial charge in [-0.3, -0.25) is 14.5 Å². The molecule has 0 saturated heterocycles. The summed E-state index contributed by atoms with van der Waals surface area (Å²) in [4.78, 5) is 86.8. The summed E-state index contributed by atoms with van der Waals surface area (Å²) in [5.74, 6) is -7.36. The Bertz CT molecular complexity index is 2020. The van der Waals surface area contributed by atoms with E-state index in [-0.39, 0.29) is 32.3 Å². The molecule has 16 nitrogen and oxygen atoms in total. The minimum Gasteiger partial charge on any atom is -0.459 e. The number of carbonyl (C=O) groups excluding carboxylic acids is 6. The number of aliphatic hydroxyl groups is 2. The van der Waals surface area contributed by atoms with Gasteiger partial charge in [-0.2, -0.15) is 0 Å². The number of rotatable bonds is 18. The van der Waals surface area contributed by atoms with Crippen molar-refractivity contribution in [2.45, 2.75) is 37.3 Å². The summed E-state index contributed by atoms with van der Waals surface area (Å²) in [5, 5.41) is 22.8. The largest absolute Gasteiger partial charge is 0.589 e. The average molecular weight is 916 g/mol.